The van der Waals surface area contributed by atoms with Gasteiger partial charge in [-0.25, -0.2) is 0 Å². The number of hydrogen-bond donors (Lipinski definition) is 1. The lowest BCUT2D eigenvalue weighted by Crippen LogP contribution is -2.32. The van der Waals surface area contributed by atoms with E-state index in [1.54, 1.807) is 0 Å². The lowest BCUT2D eigenvalue weighted by Gasteiger charge is -2.33. The van der Waals surface area contributed by atoms with Gasteiger partial charge in [0.2, 0.25) is 0 Å². The largest absolute Gasteiger partial charge is 0.330 e. The third-order valence-electron chi connectivity index (χ3n) is 3.94. The standard InChI is InChI=1S/C15H33N/c1-5-7-9-10-12-14(11-8-6-2)15(3,4)13-16/h14H,5-13,16H2,1-4H3. The van der Waals surface area contributed by atoms with Crippen LogP contribution in [0.4, 0.5) is 0 Å². The van der Waals surface area contributed by atoms with Gasteiger partial charge in [-0.2, -0.15) is 0 Å². The van der Waals surface area contributed by atoms with Crippen LogP contribution < -0.4 is 5.73 Å². The minimum atomic E-state index is 0.335. The maximum atomic E-state index is 5.91. The van der Waals surface area contributed by atoms with Crippen molar-refractivity contribution < 1.29 is 0 Å². The molecule has 0 saturated carbocycles. The minimum absolute atomic E-state index is 0.335. The van der Waals surface area contributed by atoms with Crippen molar-refractivity contribution in [2.24, 2.45) is 17.1 Å². The van der Waals surface area contributed by atoms with E-state index in [0.29, 0.717) is 5.41 Å². The minimum Gasteiger partial charge on any atom is -0.330 e. The summed E-state index contributed by atoms with van der Waals surface area (Å²) in [6.07, 6.45) is 10.9. The van der Waals surface area contributed by atoms with Crippen LogP contribution in [0.3, 0.4) is 0 Å². The van der Waals surface area contributed by atoms with Crippen LogP contribution in [0.5, 0.6) is 0 Å². The molecule has 0 heterocycles. The number of rotatable bonds is 10. The molecule has 0 aliphatic rings. The van der Waals surface area contributed by atoms with Gasteiger partial charge in [-0.3, -0.25) is 0 Å². The molecular formula is C15H33N. The topological polar surface area (TPSA) is 26.0 Å². The van der Waals surface area contributed by atoms with Crippen molar-refractivity contribution in [2.45, 2.75) is 79.1 Å². The quantitative estimate of drug-likeness (QED) is 0.536. The third kappa shape index (κ3) is 6.52. The Balaban J connectivity index is 4.00. The van der Waals surface area contributed by atoms with Gasteiger partial charge < -0.3 is 5.73 Å². The monoisotopic (exact) mass is 227 g/mol. The van der Waals surface area contributed by atoms with Crippen LogP contribution in [0.2, 0.25) is 0 Å². The fourth-order valence-electron chi connectivity index (χ4n) is 2.36. The van der Waals surface area contributed by atoms with Crippen LogP contribution in [0.15, 0.2) is 0 Å². The molecule has 0 aliphatic carbocycles. The molecule has 0 saturated heterocycles. The molecular weight excluding hydrogens is 194 g/mol. The van der Waals surface area contributed by atoms with Crippen LogP contribution in [-0.2, 0) is 0 Å². The maximum absolute atomic E-state index is 5.91. The molecule has 0 bridgehead atoms. The highest BCUT2D eigenvalue weighted by Crippen LogP contribution is 2.34. The van der Waals surface area contributed by atoms with E-state index in [9.17, 15) is 0 Å². The van der Waals surface area contributed by atoms with E-state index in [1.807, 2.05) is 0 Å². The first-order valence-electron chi connectivity index (χ1n) is 7.28. The lowest BCUT2D eigenvalue weighted by atomic mass is 9.73. The molecule has 1 unspecified atom stereocenters. The van der Waals surface area contributed by atoms with Crippen molar-refractivity contribution >= 4 is 0 Å². The molecule has 0 radical (unpaired) electrons. The van der Waals surface area contributed by atoms with Crippen molar-refractivity contribution in [1.82, 2.24) is 0 Å². The highest BCUT2D eigenvalue weighted by molar-refractivity contribution is 4.79. The second-order valence-corrected chi connectivity index (χ2v) is 5.88. The maximum Gasteiger partial charge on any atom is -0.00232 e. The van der Waals surface area contributed by atoms with Gasteiger partial charge in [-0.15, -0.1) is 0 Å². The van der Waals surface area contributed by atoms with Crippen molar-refractivity contribution in [2.75, 3.05) is 6.54 Å². The van der Waals surface area contributed by atoms with E-state index in [-0.39, 0.29) is 0 Å². The summed E-state index contributed by atoms with van der Waals surface area (Å²) in [5, 5.41) is 0. The molecule has 0 rings (SSSR count). The Morgan fingerprint density at radius 1 is 0.875 bits per heavy atom. The fourth-order valence-corrected chi connectivity index (χ4v) is 2.36. The van der Waals surface area contributed by atoms with Gasteiger partial charge in [-0.05, 0) is 30.7 Å². The molecule has 0 aromatic rings. The first-order chi connectivity index (χ1) is 7.58. The Bertz CT molecular complexity index is 152. The van der Waals surface area contributed by atoms with E-state index in [2.05, 4.69) is 27.7 Å². The first kappa shape index (κ1) is 16.0. The van der Waals surface area contributed by atoms with Crippen LogP contribution in [-0.4, -0.2) is 6.54 Å². The summed E-state index contributed by atoms with van der Waals surface area (Å²) in [6.45, 7) is 10.1. The molecule has 0 aliphatic heterocycles. The van der Waals surface area contributed by atoms with Gasteiger partial charge in [0, 0.05) is 0 Å². The molecule has 1 heteroatoms. The van der Waals surface area contributed by atoms with Crippen LogP contribution in [0.25, 0.3) is 0 Å². The average molecular weight is 227 g/mol. The van der Waals surface area contributed by atoms with Gasteiger partial charge in [0.1, 0.15) is 0 Å². The highest BCUT2D eigenvalue weighted by Gasteiger charge is 2.26. The number of nitrogens with two attached hydrogens (primary N) is 1. The zero-order valence-corrected chi connectivity index (χ0v) is 12.0. The number of hydrogen-bond acceptors (Lipinski definition) is 1. The van der Waals surface area contributed by atoms with Crippen LogP contribution in [0.1, 0.15) is 79.1 Å². The van der Waals surface area contributed by atoms with Gasteiger partial charge in [0.05, 0.1) is 0 Å². The summed E-state index contributed by atoms with van der Waals surface area (Å²) in [7, 11) is 0. The number of unbranched alkanes of at least 4 members (excludes halogenated alkanes) is 4. The molecule has 0 aromatic carbocycles. The molecule has 0 aromatic heterocycles. The summed E-state index contributed by atoms with van der Waals surface area (Å²) in [5.74, 6) is 0.828. The summed E-state index contributed by atoms with van der Waals surface area (Å²) < 4.78 is 0. The summed E-state index contributed by atoms with van der Waals surface area (Å²) in [6, 6.07) is 0. The Hall–Kier alpha value is -0.0400. The van der Waals surface area contributed by atoms with Crippen LogP contribution in [0, 0.1) is 11.3 Å². The molecule has 98 valence electrons. The van der Waals surface area contributed by atoms with E-state index in [1.165, 1.54) is 51.4 Å². The SMILES string of the molecule is CCCCCCC(CCCC)C(C)(C)CN. The second-order valence-electron chi connectivity index (χ2n) is 5.88. The Morgan fingerprint density at radius 3 is 1.94 bits per heavy atom. The van der Waals surface area contributed by atoms with Crippen molar-refractivity contribution in [3.8, 4) is 0 Å². The van der Waals surface area contributed by atoms with E-state index in [0.717, 1.165) is 12.5 Å². The third-order valence-corrected chi connectivity index (χ3v) is 3.94. The second kappa shape index (κ2) is 9.04. The highest BCUT2D eigenvalue weighted by atomic mass is 14.6. The first-order valence-corrected chi connectivity index (χ1v) is 7.28. The molecule has 0 fully saturated rings. The van der Waals surface area contributed by atoms with E-state index >= 15 is 0 Å². The molecule has 16 heavy (non-hydrogen) atoms. The predicted octanol–water partition coefficient (Wildman–Crippen LogP) is 4.75. The summed E-state index contributed by atoms with van der Waals surface area (Å²) in [5.41, 5.74) is 6.24. The van der Waals surface area contributed by atoms with Gasteiger partial charge in [-0.1, -0.05) is 66.2 Å². The fraction of sp³-hybridized carbons (Fsp3) is 1.00. The van der Waals surface area contributed by atoms with Gasteiger partial charge >= 0.3 is 0 Å². The molecule has 1 atom stereocenters. The molecule has 0 amide bonds. The van der Waals surface area contributed by atoms with Crippen molar-refractivity contribution in [3.05, 3.63) is 0 Å². The van der Waals surface area contributed by atoms with E-state index in [4.69, 9.17) is 5.73 Å². The zero-order valence-electron chi connectivity index (χ0n) is 12.0. The molecule has 0 spiro atoms. The van der Waals surface area contributed by atoms with E-state index < -0.39 is 0 Å². The Labute approximate surface area is 103 Å². The van der Waals surface area contributed by atoms with Crippen molar-refractivity contribution in [3.63, 3.8) is 0 Å². The Kier molecular flexibility index (Phi) is 9.02. The zero-order chi connectivity index (χ0) is 12.4. The summed E-state index contributed by atoms with van der Waals surface area (Å²) >= 11 is 0. The summed E-state index contributed by atoms with van der Waals surface area (Å²) in [4.78, 5) is 0. The molecule has 1 nitrogen and oxygen atoms in total. The van der Waals surface area contributed by atoms with Crippen LogP contribution >= 0.6 is 0 Å². The Morgan fingerprint density at radius 2 is 1.44 bits per heavy atom. The van der Waals surface area contributed by atoms with Gasteiger partial charge in [0.15, 0.2) is 0 Å². The normalized spacial score (nSPS) is 14.1. The predicted molar refractivity (Wildman–Crippen MR) is 74.6 cm³/mol. The smallest absolute Gasteiger partial charge is 0.00232 e. The van der Waals surface area contributed by atoms with Gasteiger partial charge in [0.25, 0.3) is 0 Å². The van der Waals surface area contributed by atoms with Crippen molar-refractivity contribution in [1.29, 1.82) is 0 Å². The average Bonchev–Trinajstić information content (AvgIpc) is 2.28. The molecule has 2 N–H and O–H groups in total. The lowest BCUT2D eigenvalue weighted by molar-refractivity contribution is 0.187.